The minimum Gasteiger partial charge on any atom is -0.497 e. The number of H-pyrrole nitrogens is 1. The second-order valence-corrected chi connectivity index (χ2v) is 3.46. The van der Waals surface area contributed by atoms with Gasteiger partial charge in [0.1, 0.15) is 5.75 Å². The molecule has 0 bridgehead atoms. The summed E-state index contributed by atoms with van der Waals surface area (Å²) in [5.74, 6) is 1.22. The van der Waals surface area contributed by atoms with Gasteiger partial charge in [-0.25, -0.2) is 4.98 Å². The first-order valence-electron chi connectivity index (χ1n) is 5.16. The molecule has 0 saturated heterocycles. The van der Waals surface area contributed by atoms with Gasteiger partial charge in [0.2, 0.25) is 5.95 Å². The molecule has 0 aliphatic heterocycles. The lowest BCUT2D eigenvalue weighted by molar-refractivity contribution is 0.415. The van der Waals surface area contributed by atoms with Gasteiger partial charge >= 0.3 is 0 Å². The Morgan fingerprint density at radius 2 is 2.00 bits per heavy atom. The Balaban J connectivity index is 2.44. The monoisotopic (exact) mass is 231 g/mol. The fraction of sp³-hybridized carbons (Fsp3) is 0.167. The second-order valence-electron chi connectivity index (χ2n) is 3.46. The normalized spacial score (nSPS) is 10.0. The standard InChI is InChI=1S/C12H13N3O2/c1-13-12-14-10(7-11(16)15-12)8-3-5-9(17-2)6-4-8/h3-7H,1-2H3,(H2,13,14,15,16). The van der Waals surface area contributed by atoms with Crippen molar-refractivity contribution in [1.82, 2.24) is 9.97 Å². The van der Waals surface area contributed by atoms with Crippen molar-refractivity contribution in [3.63, 3.8) is 0 Å². The minimum atomic E-state index is -0.185. The van der Waals surface area contributed by atoms with E-state index in [1.807, 2.05) is 24.3 Å². The van der Waals surface area contributed by atoms with E-state index in [4.69, 9.17) is 4.74 Å². The first kappa shape index (κ1) is 11.2. The average molecular weight is 231 g/mol. The quantitative estimate of drug-likeness (QED) is 0.839. The highest BCUT2D eigenvalue weighted by Gasteiger charge is 2.03. The molecule has 2 N–H and O–H groups in total. The Morgan fingerprint density at radius 1 is 1.29 bits per heavy atom. The number of hydrogen-bond donors (Lipinski definition) is 2. The van der Waals surface area contributed by atoms with Crippen molar-refractivity contribution >= 4 is 5.95 Å². The van der Waals surface area contributed by atoms with Crippen LogP contribution in [0.1, 0.15) is 0 Å². The molecule has 0 fully saturated rings. The van der Waals surface area contributed by atoms with E-state index in [1.165, 1.54) is 6.07 Å². The van der Waals surface area contributed by atoms with Crippen molar-refractivity contribution in [1.29, 1.82) is 0 Å². The molecule has 1 aromatic carbocycles. The molecular formula is C12H13N3O2. The number of aromatic nitrogens is 2. The lowest BCUT2D eigenvalue weighted by Crippen LogP contribution is -2.10. The maximum absolute atomic E-state index is 11.4. The zero-order valence-electron chi connectivity index (χ0n) is 9.65. The van der Waals surface area contributed by atoms with Crippen molar-refractivity contribution in [3.05, 3.63) is 40.7 Å². The van der Waals surface area contributed by atoms with Gasteiger partial charge < -0.3 is 10.1 Å². The van der Waals surface area contributed by atoms with Crippen LogP contribution in [0, 0.1) is 0 Å². The number of nitrogens with one attached hydrogen (secondary N) is 2. The van der Waals surface area contributed by atoms with Crippen molar-refractivity contribution < 1.29 is 4.74 Å². The molecule has 0 atom stereocenters. The summed E-state index contributed by atoms with van der Waals surface area (Å²) in [5, 5.41) is 2.81. The van der Waals surface area contributed by atoms with Crippen molar-refractivity contribution in [2.75, 3.05) is 19.5 Å². The zero-order valence-corrected chi connectivity index (χ0v) is 9.65. The number of rotatable bonds is 3. The number of benzene rings is 1. The summed E-state index contributed by atoms with van der Waals surface area (Å²) in [5.41, 5.74) is 1.31. The third kappa shape index (κ3) is 2.44. The van der Waals surface area contributed by atoms with Gasteiger partial charge in [-0.3, -0.25) is 9.78 Å². The highest BCUT2D eigenvalue weighted by Crippen LogP contribution is 2.19. The molecule has 0 spiro atoms. The van der Waals surface area contributed by atoms with E-state index in [9.17, 15) is 4.79 Å². The number of hydrogen-bond acceptors (Lipinski definition) is 4. The first-order valence-corrected chi connectivity index (χ1v) is 5.16. The molecule has 0 amide bonds. The molecule has 0 radical (unpaired) electrons. The van der Waals surface area contributed by atoms with E-state index in [0.29, 0.717) is 11.6 Å². The van der Waals surface area contributed by atoms with E-state index < -0.39 is 0 Å². The van der Waals surface area contributed by atoms with Gasteiger partial charge in [0.25, 0.3) is 5.56 Å². The molecule has 1 heterocycles. The molecule has 0 unspecified atom stereocenters. The summed E-state index contributed by atoms with van der Waals surface area (Å²) in [6.45, 7) is 0. The average Bonchev–Trinajstić information content (AvgIpc) is 2.38. The number of methoxy groups -OCH3 is 1. The maximum atomic E-state index is 11.4. The third-order valence-electron chi connectivity index (χ3n) is 2.36. The van der Waals surface area contributed by atoms with Crippen LogP contribution in [0.25, 0.3) is 11.3 Å². The van der Waals surface area contributed by atoms with E-state index in [1.54, 1.807) is 14.2 Å². The summed E-state index contributed by atoms with van der Waals surface area (Å²) < 4.78 is 5.07. The lowest BCUT2D eigenvalue weighted by Gasteiger charge is -2.04. The topological polar surface area (TPSA) is 67.0 Å². The predicted octanol–water partition coefficient (Wildman–Crippen LogP) is 1.49. The van der Waals surface area contributed by atoms with Gasteiger partial charge in [-0.1, -0.05) is 0 Å². The van der Waals surface area contributed by atoms with Gasteiger partial charge in [-0.2, -0.15) is 0 Å². The molecule has 88 valence electrons. The van der Waals surface area contributed by atoms with Crippen LogP contribution in [-0.4, -0.2) is 24.1 Å². The molecule has 2 rings (SSSR count). The highest BCUT2D eigenvalue weighted by atomic mass is 16.5. The highest BCUT2D eigenvalue weighted by molar-refractivity contribution is 5.60. The molecular weight excluding hydrogens is 218 g/mol. The molecule has 0 aliphatic carbocycles. The summed E-state index contributed by atoms with van der Waals surface area (Å²) >= 11 is 0. The van der Waals surface area contributed by atoms with Crippen LogP contribution in [0.2, 0.25) is 0 Å². The van der Waals surface area contributed by atoms with E-state index in [-0.39, 0.29) is 5.56 Å². The molecule has 5 heteroatoms. The Hall–Kier alpha value is -2.30. The fourth-order valence-electron chi connectivity index (χ4n) is 1.49. The number of aromatic amines is 1. The fourth-order valence-corrected chi connectivity index (χ4v) is 1.49. The van der Waals surface area contributed by atoms with Gasteiger partial charge in [0, 0.05) is 18.7 Å². The van der Waals surface area contributed by atoms with Gasteiger partial charge in [0.15, 0.2) is 0 Å². The maximum Gasteiger partial charge on any atom is 0.252 e. The molecule has 0 aliphatic rings. The van der Waals surface area contributed by atoms with E-state index in [0.717, 1.165) is 11.3 Å². The first-order chi connectivity index (χ1) is 8.22. The van der Waals surface area contributed by atoms with Crippen molar-refractivity contribution in [3.8, 4) is 17.0 Å². The van der Waals surface area contributed by atoms with Gasteiger partial charge in [-0.05, 0) is 24.3 Å². The Morgan fingerprint density at radius 3 is 2.59 bits per heavy atom. The van der Waals surface area contributed by atoms with Crippen LogP contribution in [0.4, 0.5) is 5.95 Å². The molecule has 2 aromatic rings. The third-order valence-corrected chi connectivity index (χ3v) is 2.36. The number of ether oxygens (including phenoxy) is 1. The van der Waals surface area contributed by atoms with E-state index >= 15 is 0 Å². The predicted molar refractivity (Wildman–Crippen MR) is 66.4 cm³/mol. The van der Waals surface area contributed by atoms with Gasteiger partial charge in [0.05, 0.1) is 12.8 Å². The number of anilines is 1. The van der Waals surface area contributed by atoms with E-state index in [2.05, 4.69) is 15.3 Å². The van der Waals surface area contributed by atoms with Crippen LogP contribution < -0.4 is 15.6 Å². The van der Waals surface area contributed by atoms with Crippen LogP contribution in [-0.2, 0) is 0 Å². The zero-order chi connectivity index (χ0) is 12.3. The molecule has 1 aromatic heterocycles. The van der Waals surface area contributed by atoms with Crippen molar-refractivity contribution in [2.45, 2.75) is 0 Å². The smallest absolute Gasteiger partial charge is 0.252 e. The minimum absolute atomic E-state index is 0.185. The lowest BCUT2D eigenvalue weighted by atomic mass is 10.1. The van der Waals surface area contributed by atoms with Crippen molar-refractivity contribution in [2.24, 2.45) is 0 Å². The molecule has 0 saturated carbocycles. The van der Waals surface area contributed by atoms with Gasteiger partial charge in [-0.15, -0.1) is 0 Å². The van der Waals surface area contributed by atoms with Crippen LogP contribution in [0.15, 0.2) is 35.1 Å². The largest absolute Gasteiger partial charge is 0.497 e. The second kappa shape index (κ2) is 4.69. The summed E-state index contributed by atoms with van der Waals surface area (Å²) in [6.07, 6.45) is 0. The summed E-state index contributed by atoms with van der Waals surface area (Å²) in [4.78, 5) is 18.3. The summed E-state index contributed by atoms with van der Waals surface area (Å²) in [7, 11) is 3.32. The van der Waals surface area contributed by atoms with Crippen LogP contribution >= 0.6 is 0 Å². The molecule has 5 nitrogen and oxygen atoms in total. The number of nitrogens with zero attached hydrogens (tertiary/aromatic N) is 1. The Labute approximate surface area is 98.5 Å². The summed E-state index contributed by atoms with van der Waals surface area (Å²) in [6, 6.07) is 8.84. The molecule has 17 heavy (non-hydrogen) atoms. The van der Waals surface area contributed by atoms with Crippen LogP contribution in [0.3, 0.4) is 0 Å². The Bertz CT molecular complexity index is 561. The SMILES string of the molecule is CNc1nc(-c2ccc(OC)cc2)cc(=O)[nH]1. The Kier molecular flexibility index (Phi) is 3.09. The van der Waals surface area contributed by atoms with Crippen LogP contribution in [0.5, 0.6) is 5.75 Å².